The summed E-state index contributed by atoms with van der Waals surface area (Å²) in [5.41, 5.74) is 8.64. The van der Waals surface area contributed by atoms with E-state index in [4.69, 9.17) is 5.73 Å². The number of aromatic nitrogens is 1. The van der Waals surface area contributed by atoms with Gasteiger partial charge in [0, 0.05) is 28.4 Å². The highest BCUT2D eigenvalue weighted by Gasteiger charge is 2.22. The summed E-state index contributed by atoms with van der Waals surface area (Å²) >= 11 is 0. The van der Waals surface area contributed by atoms with Crippen molar-refractivity contribution < 1.29 is 4.79 Å². The Labute approximate surface area is 119 Å². The maximum Gasteiger partial charge on any atom is 0.229 e. The first-order valence-corrected chi connectivity index (χ1v) is 6.50. The van der Waals surface area contributed by atoms with Gasteiger partial charge in [-0.1, -0.05) is 39.0 Å². The summed E-state index contributed by atoms with van der Waals surface area (Å²) in [7, 11) is 0. The van der Waals surface area contributed by atoms with E-state index in [0.717, 1.165) is 11.1 Å². The smallest absolute Gasteiger partial charge is 0.229 e. The first kappa shape index (κ1) is 14.1. The Hall–Kier alpha value is -2.36. The summed E-state index contributed by atoms with van der Waals surface area (Å²) in [4.78, 5) is 16.2. The van der Waals surface area contributed by atoms with Crippen molar-refractivity contribution in [3.8, 4) is 11.1 Å². The van der Waals surface area contributed by atoms with E-state index in [1.54, 1.807) is 12.4 Å². The lowest BCUT2D eigenvalue weighted by atomic mass is 9.95. The second kappa shape index (κ2) is 5.33. The fraction of sp³-hybridized carbons (Fsp3) is 0.250. The molecular weight excluding hydrogens is 250 g/mol. The van der Waals surface area contributed by atoms with Crippen LogP contribution in [0.2, 0.25) is 0 Å². The largest absolute Gasteiger partial charge is 0.398 e. The number of amides is 1. The number of nitrogen functional groups attached to an aromatic ring is 1. The number of nitrogens with one attached hydrogen (secondary N) is 1. The zero-order valence-corrected chi connectivity index (χ0v) is 12.0. The molecule has 0 saturated carbocycles. The van der Waals surface area contributed by atoms with Gasteiger partial charge in [0.15, 0.2) is 0 Å². The first-order chi connectivity index (χ1) is 9.39. The highest BCUT2D eigenvalue weighted by molar-refractivity contribution is 5.99. The summed E-state index contributed by atoms with van der Waals surface area (Å²) in [6.07, 6.45) is 3.33. The average molecular weight is 269 g/mol. The molecule has 104 valence electrons. The van der Waals surface area contributed by atoms with Crippen molar-refractivity contribution in [2.24, 2.45) is 5.41 Å². The number of hydrogen-bond acceptors (Lipinski definition) is 3. The number of pyridine rings is 1. The molecule has 3 N–H and O–H groups in total. The van der Waals surface area contributed by atoms with Crippen molar-refractivity contribution in [1.82, 2.24) is 4.98 Å². The third-order valence-electron chi connectivity index (χ3n) is 3.00. The van der Waals surface area contributed by atoms with E-state index in [9.17, 15) is 4.79 Å². The molecule has 0 spiro atoms. The Balaban J connectivity index is 2.42. The quantitative estimate of drug-likeness (QED) is 0.822. The molecule has 1 amide bonds. The highest BCUT2D eigenvalue weighted by Crippen LogP contribution is 2.32. The van der Waals surface area contributed by atoms with Gasteiger partial charge in [-0.2, -0.15) is 0 Å². The lowest BCUT2D eigenvalue weighted by Gasteiger charge is -2.19. The number of hydrogen-bond donors (Lipinski definition) is 2. The molecule has 2 rings (SSSR count). The van der Waals surface area contributed by atoms with E-state index in [1.807, 2.05) is 51.1 Å². The van der Waals surface area contributed by atoms with Crippen LogP contribution < -0.4 is 11.1 Å². The molecule has 0 saturated heterocycles. The van der Waals surface area contributed by atoms with Crippen LogP contribution in [-0.4, -0.2) is 10.9 Å². The summed E-state index contributed by atoms with van der Waals surface area (Å²) in [6.45, 7) is 5.61. The van der Waals surface area contributed by atoms with Crippen LogP contribution >= 0.6 is 0 Å². The minimum atomic E-state index is -0.463. The van der Waals surface area contributed by atoms with Crippen LogP contribution in [0.3, 0.4) is 0 Å². The number of carbonyl (C=O) groups excluding carboxylic acids is 1. The van der Waals surface area contributed by atoms with Gasteiger partial charge in [-0.15, -0.1) is 0 Å². The Morgan fingerprint density at radius 1 is 1.15 bits per heavy atom. The second-order valence-corrected chi connectivity index (χ2v) is 5.71. The molecule has 0 aliphatic carbocycles. The molecule has 1 aromatic heterocycles. The minimum Gasteiger partial charge on any atom is -0.398 e. The van der Waals surface area contributed by atoms with E-state index < -0.39 is 5.41 Å². The lowest BCUT2D eigenvalue weighted by Crippen LogP contribution is -2.27. The average Bonchev–Trinajstić information content (AvgIpc) is 2.39. The molecule has 2 aromatic rings. The number of carbonyl (C=O) groups is 1. The molecule has 4 heteroatoms. The first-order valence-electron chi connectivity index (χ1n) is 6.50. The van der Waals surface area contributed by atoms with Crippen LogP contribution in [0.5, 0.6) is 0 Å². The summed E-state index contributed by atoms with van der Waals surface area (Å²) in [5.74, 6) is -0.0544. The zero-order valence-electron chi connectivity index (χ0n) is 12.0. The summed E-state index contributed by atoms with van der Waals surface area (Å²) < 4.78 is 0. The molecule has 0 aliphatic heterocycles. The molecule has 0 aliphatic rings. The number of para-hydroxylation sites is 1. The fourth-order valence-electron chi connectivity index (χ4n) is 1.78. The maximum absolute atomic E-state index is 12.1. The Bertz CT molecular complexity index is 630. The van der Waals surface area contributed by atoms with Gasteiger partial charge in [0.25, 0.3) is 0 Å². The van der Waals surface area contributed by atoms with Crippen LogP contribution in [0, 0.1) is 5.41 Å². The second-order valence-electron chi connectivity index (χ2n) is 5.71. The highest BCUT2D eigenvalue weighted by atomic mass is 16.2. The Morgan fingerprint density at radius 2 is 1.85 bits per heavy atom. The molecule has 1 aromatic carbocycles. The van der Waals surface area contributed by atoms with Crippen molar-refractivity contribution in [3.05, 3.63) is 42.7 Å². The standard InChI is InChI=1S/C16H19N3O/c1-16(2,3)15(20)19-14-10-18-9-8-12(14)11-6-4-5-7-13(11)17/h4-10H,17H2,1-3H3,(H,19,20). The molecule has 0 bridgehead atoms. The van der Waals surface area contributed by atoms with Gasteiger partial charge >= 0.3 is 0 Å². The lowest BCUT2D eigenvalue weighted by molar-refractivity contribution is -0.123. The topological polar surface area (TPSA) is 68.0 Å². The fourth-order valence-corrected chi connectivity index (χ4v) is 1.78. The van der Waals surface area contributed by atoms with Crippen LogP contribution in [0.15, 0.2) is 42.7 Å². The molecule has 0 radical (unpaired) electrons. The summed E-state index contributed by atoms with van der Waals surface area (Å²) in [6, 6.07) is 9.42. The van der Waals surface area contributed by atoms with Crippen LogP contribution in [0.1, 0.15) is 20.8 Å². The van der Waals surface area contributed by atoms with Gasteiger partial charge in [-0.25, -0.2) is 0 Å². The van der Waals surface area contributed by atoms with E-state index >= 15 is 0 Å². The minimum absolute atomic E-state index is 0.0544. The SMILES string of the molecule is CC(C)(C)C(=O)Nc1cnccc1-c1ccccc1N. The van der Waals surface area contributed by atoms with Crippen LogP contribution in [-0.2, 0) is 4.79 Å². The third-order valence-corrected chi connectivity index (χ3v) is 3.00. The maximum atomic E-state index is 12.1. The molecule has 0 fully saturated rings. The molecule has 0 atom stereocenters. The predicted molar refractivity (Wildman–Crippen MR) is 82.2 cm³/mol. The Kier molecular flexibility index (Phi) is 3.74. The van der Waals surface area contributed by atoms with Crippen molar-refractivity contribution in [2.45, 2.75) is 20.8 Å². The van der Waals surface area contributed by atoms with Gasteiger partial charge < -0.3 is 11.1 Å². The van der Waals surface area contributed by atoms with Crippen molar-refractivity contribution in [2.75, 3.05) is 11.1 Å². The predicted octanol–water partition coefficient (Wildman–Crippen LogP) is 3.32. The van der Waals surface area contributed by atoms with Crippen molar-refractivity contribution >= 4 is 17.3 Å². The summed E-state index contributed by atoms with van der Waals surface area (Å²) in [5, 5.41) is 2.92. The monoisotopic (exact) mass is 269 g/mol. The van der Waals surface area contributed by atoms with Crippen molar-refractivity contribution in [1.29, 1.82) is 0 Å². The van der Waals surface area contributed by atoms with Gasteiger partial charge in [-0.3, -0.25) is 9.78 Å². The molecule has 20 heavy (non-hydrogen) atoms. The van der Waals surface area contributed by atoms with E-state index in [0.29, 0.717) is 11.4 Å². The van der Waals surface area contributed by atoms with E-state index in [-0.39, 0.29) is 5.91 Å². The van der Waals surface area contributed by atoms with Crippen LogP contribution in [0.25, 0.3) is 11.1 Å². The van der Waals surface area contributed by atoms with E-state index in [2.05, 4.69) is 10.3 Å². The third kappa shape index (κ3) is 2.96. The molecule has 4 nitrogen and oxygen atoms in total. The molecule has 1 heterocycles. The van der Waals surface area contributed by atoms with Gasteiger partial charge in [0.2, 0.25) is 5.91 Å². The normalized spacial score (nSPS) is 11.2. The number of rotatable bonds is 2. The zero-order chi connectivity index (χ0) is 14.8. The van der Waals surface area contributed by atoms with E-state index in [1.165, 1.54) is 0 Å². The van der Waals surface area contributed by atoms with Crippen molar-refractivity contribution in [3.63, 3.8) is 0 Å². The van der Waals surface area contributed by atoms with Gasteiger partial charge in [-0.05, 0) is 12.1 Å². The Morgan fingerprint density at radius 3 is 2.50 bits per heavy atom. The van der Waals surface area contributed by atoms with Gasteiger partial charge in [0.05, 0.1) is 11.9 Å². The number of nitrogens with two attached hydrogens (primary N) is 1. The number of benzene rings is 1. The number of nitrogens with zero attached hydrogens (tertiary/aromatic N) is 1. The number of anilines is 2. The molecular formula is C16H19N3O. The van der Waals surface area contributed by atoms with Crippen LogP contribution in [0.4, 0.5) is 11.4 Å². The molecule has 0 unspecified atom stereocenters. The van der Waals surface area contributed by atoms with Gasteiger partial charge in [0.1, 0.15) is 0 Å².